The first-order valence-electron chi connectivity index (χ1n) is 5.90. The van der Waals surface area contributed by atoms with Crippen molar-refractivity contribution in [3.05, 3.63) is 35.8 Å². The summed E-state index contributed by atoms with van der Waals surface area (Å²) in [5, 5.41) is 0.909. The van der Waals surface area contributed by atoms with Crippen LogP contribution in [-0.4, -0.2) is 4.57 Å². The fraction of sp³-hybridized carbons (Fsp3) is 0.429. The second-order valence-electron chi connectivity index (χ2n) is 5.42. The molecule has 0 unspecified atom stereocenters. The quantitative estimate of drug-likeness (QED) is 0.846. The molecule has 92 valence electrons. The summed E-state index contributed by atoms with van der Waals surface area (Å²) in [5.74, 6) is -0.209. The number of aromatic nitrogens is 1. The highest BCUT2D eigenvalue weighted by atomic mass is 19.1. The molecule has 1 heterocycles. The van der Waals surface area contributed by atoms with Gasteiger partial charge in [0, 0.05) is 22.6 Å². The molecule has 0 aliphatic carbocycles. The standard InChI is InChI=1S/C14H19FN2/c1-9(2)17-12-6-5-11(15)7-10(12)8-13(17)14(3,4)16/h5-9H,16H2,1-4H3. The van der Waals surface area contributed by atoms with Gasteiger partial charge in [-0.2, -0.15) is 0 Å². The average Bonchev–Trinajstić information content (AvgIpc) is 2.55. The lowest BCUT2D eigenvalue weighted by Crippen LogP contribution is -2.32. The Labute approximate surface area is 101 Å². The van der Waals surface area contributed by atoms with E-state index >= 15 is 0 Å². The van der Waals surface area contributed by atoms with Crippen LogP contribution >= 0.6 is 0 Å². The maximum absolute atomic E-state index is 13.2. The SMILES string of the molecule is CC(C)n1c(C(C)(C)N)cc2cc(F)ccc21. The van der Waals surface area contributed by atoms with Crippen molar-refractivity contribution in [2.75, 3.05) is 0 Å². The second-order valence-corrected chi connectivity index (χ2v) is 5.42. The van der Waals surface area contributed by atoms with E-state index in [0.717, 1.165) is 16.6 Å². The monoisotopic (exact) mass is 234 g/mol. The van der Waals surface area contributed by atoms with Crippen molar-refractivity contribution >= 4 is 10.9 Å². The Morgan fingerprint density at radius 1 is 1.24 bits per heavy atom. The van der Waals surface area contributed by atoms with E-state index in [1.165, 1.54) is 6.07 Å². The van der Waals surface area contributed by atoms with Gasteiger partial charge in [-0.3, -0.25) is 0 Å². The average molecular weight is 234 g/mol. The van der Waals surface area contributed by atoms with E-state index in [4.69, 9.17) is 5.73 Å². The van der Waals surface area contributed by atoms with Crippen molar-refractivity contribution < 1.29 is 4.39 Å². The van der Waals surface area contributed by atoms with Gasteiger partial charge in [-0.25, -0.2) is 4.39 Å². The number of nitrogens with two attached hydrogens (primary N) is 1. The molecule has 2 N–H and O–H groups in total. The molecule has 0 amide bonds. The molecule has 0 bridgehead atoms. The lowest BCUT2D eigenvalue weighted by atomic mass is 10.0. The van der Waals surface area contributed by atoms with E-state index in [1.54, 1.807) is 6.07 Å². The molecule has 2 rings (SSSR count). The highest BCUT2D eigenvalue weighted by Crippen LogP contribution is 2.30. The molecule has 3 heteroatoms. The van der Waals surface area contributed by atoms with Crippen LogP contribution in [0.1, 0.15) is 39.4 Å². The molecule has 0 radical (unpaired) electrons. The van der Waals surface area contributed by atoms with E-state index in [1.807, 2.05) is 26.0 Å². The highest BCUT2D eigenvalue weighted by Gasteiger charge is 2.22. The predicted molar refractivity (Wildman–Crippen MR) is 69.5 cm³/mol. The lowest BCUT2D eigenvalue weighted by Gasteiger charge is -2.24. The van der Waals surface area contributed by atoms with Gasteiger partial charge >= 0.3 is 0 Å². The van der Waals surface area contributed by atoms with Gasteiger partial charge < -0.3 is 10.3 Å². The number of benzene rings is 1. The van der Waals surface area contributed by atoms with Gasteiger partial charge in [-0.1, -0.05) is 0 Å². The number of hydrogen-bond donors (Lipinski definition) is 1. The van der Waals surface area contributed by atoms with Crippen LogP contribution in [0.15, 0.2) is 24.3 Å². The summed E-state index contributed by atoms with van der Waals surface area (Å²) in [5.41, 5.74) is 7.82. The van der Waals surface area contributed by atoms with Crippen molar-refractivity contribution in [2.24, 2.45) is 5.73 Å². The van der Waals surface area contributed by atoms with Crippen molar-refractivity contribution in [3.8, 4) is 0 Å². The molecule has 17 heavy (non-hydrogen) atoms. The first-order valence-corrected chi connectivity index (χ1v) is 5.90. The topological polar surface area (TPSA) is 30.9 Å². The van der Waals surface area contributed by atoms with Crippen LogP contribution in [0.5, 0.6) is 0 Å². The summed E-state index contributed by atoms with van der Waals surface area (Å²) in [6.45, 7) is 8.16. The Morgan fingerprint density at radius 2 is 1.88 bits per heavy atom. The maximum Gasteiger partial charge on any atom is 0.123 e. The maximum atomic E-state index is 13.2. The van der Waals surface area contributed by atoms with Gasteiger partial charge in [-0.05, 0) is 52.0 Å². The van der Waals surface area contributed by atoms with Crippen LogP contribution in [0.25, 0.3) is 10.9 Å². The molecule has 2 aromatic rings. The fourth-order valence-corrected chi connectivity index (χ4v) is 2.26. The van der Waals surface area contributed by atoms with Gasteiger partial charge in [0.25, 0.3) is 0 Å². The molecule has 0 saturated heterocycles. The smallest absolute Gasteiger partial charge is 0.123 e. The summed E-state index contributed by atoms with van der Waals surface area (Å²) in [4.78, 5) is 0. The molecular formula is C14H19FN2. The summed E-state index contributed by atoms with van der Waals surface area (Å²) >= 11 is 0. The lowest BCUT2D eigenvalue weighted by molar-refractivity contribution is 0.474. The molecular weight excluding hydrogens is 215 g/mol. The minimum atomic E-state index is -0.431. The first-order chi connectivity index (χ1) is 7.80. The van der Waals surface area contributed by atoms with Crippen molar-refractivity contribution in [2.45, 2.75) is 39.3 Å². The van der Waals surface area contributed by atoms with Crippen LogP contribution in [0.4, 0.5) is 4.39 Å². The minimum Gasteiger partial charge on any atom is -0.340 e. The zero-order valence-electron chi connectivity index (χ0n) is 10.8. The van der Waals surface area contributed by atoms with E-state index < -0.39 is 5.54 Å². The Balaban J connectivity index is 2.80. The molecule has 0 aliphatic heterocycles. The Morgan fingerprint density at radius 3 is 2.41 bits per heavy atom. The molecule has 1 aromatic heterocycles. The van der Waals surface area contributed by atoms with Gasteiger partial charge in [0.15, 0.2) is 0 Å². The molecule has 1 aromatic carbocycles. The molecule has 0 saturated carbocycles. The summed E-state index contributed by atoms with van der Waals surface area (Å²) in [7, 11) is 0. The van der Waals surface area contributed by atoms with Crippen molar-refractivity contribution in [1.29, 1.82) is 0 Å². The first kappa shape index (κ1) is 12.1. The van der Waals surface area contributed by atoms with E-state index in [-0.39, 0.29) is 5.82 Å². The Kier molecular flexibility index (Phi) is 2.74. The van der Waals surface area contributed by atoms with Crippen LogP contribution < -0.4 is 5.73 Å². The van der Waals surface area contributed by atoms with E-state index in [0.29, 0.717) is 6.04 Å². The summed E-state index contributed by atoms with van der Waals surface area (Å²) < 4.78 is 15.4. The van der Waals surface area contributed by atoms with Crippen LogP contribution in [0.3, 0.4) is 0 Å². The van der Waals surface area contributed by atoms with Crippen LogP contribution in [0.2, 0.25) is 0 Å². The normalized spacial score (nSPS) is 12.6. The van der Waals surface area contributed by atoms with Gasteiger partial charge in [-0.15, -0.1) is 0 Å². The fourth-order valence-electron chi connectivity index (χ4n) is 2.26. The van der Waals surface area contributed by atoms with E-state index in [9.17, 15) is 4.39 Å². The Hall–Kier alpha value is -1.35. The molecule has 0 fully saturated rings. The summed E-state index contributed by atoms with van der Waals surface area (Å²) in [6, 6.07) is 7.16. The second kappa shape index (κ2) is 3.84. The van der Waals surface area contributed by atoms with Gasteiger partial charge in [0.05, 0.1) is 5.54 Å². The van der Waals surface area contributed by atoms with Crippen molar-refractivity contribution in [1.82, 2.24) is 4.57 Å². The highest BCUT2D eigenvalue weighted by molar-refractivity contribution is 5.82. The number of halogens is 1. The molecule has 0 atom stereocenters. The third kappa shape index (κ3) is 2.07. The number of fused-ring (bicyclic) bond motifs is 1. The zero-order valence-corrected chi connectivity index (χ0v) is 10.8. The number of nitrogens with zero attached hydrogens (tertiary/aromatic N) is 1. The van der Waals surface area contributed by atoms with Crippen molar-refractivity contribution in [3.63, 3.8) is 0 Å². The predicted octanol–water partition coefficient (Wildman–Crippen LogP) is 3.56. The third-order valence-corrected chi connectivity index (χ3v) is 2.98. The van der Waals surface area contributed by atoms with Crippen LogP contribution in [-0.2, 0) is 5.54 Å². The van der Waals surface area contributed by atoms with Crippen LogP contribution in [0, 0.1) is 5.82 Å². The van der Waals surface area contributed by atoms with Gasteiger partial charge in [0.2, 0.25) is 0 Å². The third-order valence-electron chi connectivity index (χ3n) is 2.98. The van der Waals surface area contributed by atoms with E-state index in [2.05, 4.69) is 18.4 Å². The van der Waals surface area contributed by atoms with Gasteiger partial charge in [0.1, 0.15) is 5.82 Å². The zero-order chi connectivity index (χ0) is 12.8. The molecule has 2 nitrogen and oxygen atoms in total. The summed E-state index contributed by atoms with van der Waals surface area (Å²) in [6.07, 6.45) is 0. The largest absolute Gasteiger partial charge is 0.340 e. The minimum absolute atomic E-state index is 0.209. The number of hydrogen-bond acceptors (Lipinski definition) is 1. The molecule has 0 aliphatic rings. The molecule has 0 spiro atoms. The number of rotatable bonds is 2. The Bertz CT molecular complexity index is 547.